The molecule has 0 radical (unpaired) electrons. The molecule has 0 aliphatic heterocycles. The van der Waals surface area contributed by atoms with Crippen LogP contribution in [-0.4, -0.2) is 22.1 Å². The Kier molecular flexibility index (Phi) is 1.88. The average Bonchev–Trinajstić information content (AvgIpc) is 2.86. The second-order valence-corrected chi connectivity index (χ2v) is 3.15. The quantitative estimate of drug-likeness (QED) is 0.723. The zero-order chi connectivity index (χ0) is 9.26. The first-order valence-electron chi connectivity index (χ1n) is 4.18. The van der Waals surface area contributed by atoms with Gasteiger partial charge in [0.25, 0.3) is 0 Å². The van der Waals surface area contributed by atoms with Crippen molar-refractivity contribution in [3.8, 4) is 0 Å². The summed E-state index contributed by atoms with van der Waals surface area (Å²) in [5.41, 5.74) is 0. The van der Waals surface area contributed by atoms with Crippen molar-refractivity contribution in [2.24, 2.45) is 5.92 Å². The van der Waals surface area contributed by atoms with Crippen LogP contribution in [0.15, 0.2) is 24.4 Å². The molecule has 0 unspecified atom stereocenters. The number of hydrogen-bond acceptors (Lipinski definition) is 3. The number of rotatable bonds is 3. The van der Waals surface area contributed by atoms with Crippen LogP contribution in [-0.2, 0) is 4.79 Å². The molecule has 0 amide bonds. The van der Waals surface area contributed by atoms with E-state index in [1.807, 2.05) is 18.2 Å². The van der Waals surface area contributed by atoms with E-state index in [1.54, 1.807) is 6.20 Å². The molecule has 4 nitrogen and oxygen atoms in total. The summed E-state index contributed by atoms with van der Waals surface area (Å²) in [5, 5.41) is 11.7. The lowest BCUT2D eigenvalue weighted by Crippen LogP contribution is -2.10. The summed E-state index contributed by atoms with van der Waals surface area (Å²) in [6.45, 7) is 0. The number of nitrogens with one attached hydrogen (secondary N) is 1. The van der Waals surface area contributed by atoms with Crippen molar-refractivity contribution in [1.29, 1.82) is 0 Å². The van der Waals surface area contributed by atoms with Gasteiger partial charge in [-0.05, 0) is 18.6 Å². The third kappa shape index (κ3) is 1.77. The van der Waals surface area contributed by atoms with Gasteiger partial charge in [0.05, 0.1) is 5.92 Å². The zero-order valence-corrected chi connectivity index (χ0v) is 6.97. The monoisotopic (exact) mass is 178 g/mol. The third-order valence-corrected chi connectivity index (χ3v) is 2.11. The van der Waals surface area contributed by atoms with E-state index >= 15 is 0 Å². The van der Waals surface area contributed by atoms with Crippen molar-refractivity contribution in [1.82, 2.24) is 4.98 Å². The van der Waals surface area contributed by atoms with E-state index in [2.05, 4.69) is 10.3 Å². The maximum Gasteiger partial charge on any atom is 0.308 e. The zero-order valence-electron chi connectivity index (χ0n) is 6.97. The Balaban J connectivity index is 1.92. The van der Waals surface area contributed by atoms with E-state index in [9.17, 15) is 4.79 Å². The predicted octanol–water partition coefficient (Wildman–Crippen LogP) is 0.967. The summed E-state index contributed by atoms with van der Waals surface area (Å²) in [6, 6.07) is 5.59. The number of carbonyl (C=O) groups is 1. The van der Waals surface area contributed by atoms with Crippen LogP contribution in [0.25, 0.3) is 0 Å². The molecule has 1 fully saturated rings. The van der Waals surface area contributed by atoms with Crippen LogP contribution in [0.5, 0.6) is 0 Å². The van der Waals surface area contributed by atoms with Crippen LogP contribution in [0.2, 0.25) is 0 Å². The molecular formula is C9H10N2O2. The highest BCUT2D eigenvalue weighted by Gasteiger charge is 2.43. The van der Waals surface area contributed by atoms with E-state index < -0.39 is 5.97 Å². The Bertz CT molecular complexity index is 313. The second-order valence-electron chi connectivity index (χ2n) is 3.15. The summed E-state index contributed by atoms with van der Waals surface area (Å²) in [4.78, 5) is 14.6. The van der Waals surface area contributed by atoms with Crippen molar-refractivity contribution < 1.29 is 9.90 Å². The van der Waals surface area contributed by atoms with Crippen LogP contribution in [0, 0.1) is 5.92 Å². The molecule has 1 saturated carbocycles. The summed E-state index contributed by atoms with van der Waals surface area (Å²) < 4.78 is 0. The minimum Gasteiger partial charge on any atom is -0.481 e. The van der Waals surface area contributed by atoms with Crippen molar-refractivity contribution in [2.45, 2.75) is 12.5 Å². The maximum absolute atomic E-state index is 10.5. The molecule has 0 spiro atoms. The van der Waals surface area contributed by atoms with Crippen LogP contribution < -0.4 is 5.32 Å². The van der Waals surface area contributed by atoms with Gasteiger partial charge in [0.2, 0.25) is 0 Å². The number of nitrogens with zero attached hydrogens (tertiary/aromatic N) is 1. The number of aromatic nitrogens is 1. The lowest BCUT2D eigenvalue weighted by atomic mass is 10.4. The molecule has 1 aliphatic rings. The molecule has 68 valence electrons. The molecule has 2 rings (SSSR count). The molecule has 1 heterocycles. The number of hydrogen-bond donors (Lipinski definition) is 2. The smallest absolute Gasteiger partial charge is 0.308 e. The molecule has 4 heteroatoms. The lowest BCUT2D eigenvalue weighted by molar-refractivity contribution is -0.138. The van der Waals surface area contributed by atoms with E-state index in [0.29, 0.717) is 6.42 Å². The average molecular weight is 178 g/mol. The summed E-state index contributed by atoms with van der Waals surface area (Å²) >= 11 is 0. The SMILES string of the molecule is O=C(O)[C@@H]1C[C@@H]1Nc1ccccn1. The first-order valence-corrected chi connectivity index (χ1v) is 4.18. The topological polar surface area (TPSA) is 62.2 Å². The second kappa shape index (κ2) is 3.05. The molecule has 13 heavy (non-hydrogen) atoms. The van der Waals surface area contributed by atoms with Gasteiger partial charge in [-0.25, -0.2) is 4.98 Å². The van der Waals surface area contributed by atoms with Crippen molar-refractivity contribution in [2.75, 3.05) is 5.32 Å². The Hall–Kier alpha value is -1.58. The molecule has 1 aromatic heterocycles. The molecule has 2 atom stereocenters. The highest BCUT2D eigenvalue weighted by molar-refractivity contribution is 5.75. The van der Waals surface area contributed by atoms with Gasteiger partial charge >= 0.3 is 5.97 Å². The number of carboxylic acid groups (broad SMARTS) is 1. The van der Waals surface area contributed by atoms with Gasteiger partial charge in [-0.15, -0.1) is 0 Å². The van der Waals surface area contributed by atoms with Crippen LogP contribution in [0.1, 0.15) is 6.42 Å². The molecule has 1 aliphatic carbocycles. The Morgan fingerprint density at radius 3 is 3.00 bits per heavy atom. The normalized spacial score (nSPS) is 25.2. The standard InChI is InChI=1S/C9H10N2O2/c12-9(13)6-5-7(6)11-8-3-1-2-4-10-8/h1-4,6-7H,5H2,(H,10,11)(H,12,13)/t6-,7+/m1/s1. The van der Waals surface area contributed by atoms with Gasteiger partial charge in [-0.2, -0.15) is 0 Å². The van der Waals surface area contributed by atoms with Crippen LogP contribution in [0.4, 0.5) is 5.82 Å². The minimum absolute atomic E-state index is 0.0624. The number of anilines is 1. The van der Waals surface area contributed by atoms with E-state index in [1.165, 1.54) is 0 Å². The lowest BCUT2D eigenvalue weighted by Gasteiger charge is -2.01. The molecular weight excluding hydrogens is 168 g/mol. The minimum atomic E-state index is -0.728. The van der Waals surface area contributed by atoms with Gasteiger partial charge in [-0.3, -0.25) is 4.79 Å². The predicted molar refractivity (Wildman–Crippen MR) is 47.4 cm³/mol. The summed E-state index contributed by atoms with van der Waals surface area (Å²) in [6.07, 6.45) is 2.38. The third-order valence-electron chi connectivity index (χ3n) is 2.11. The van der Waals surface area contributed by atoms with Crippen LogP contribution >= 0.6 is 0 Å². The highest BCUT2D eigenvalue weighted by Crippen LogP contribution is 2.32. The van der Waals surface area contributed by atoms with Crippen LogP contribution in [0.3, 0.4) is 0 Å². The van der Waals surface area contributed by atoms with Gasteiger partial charge in [0, 0.05) is 12.2 Å². The Labute approximate surface area is 75.6 Å². The number of carboxylic acids is 1. The first kappa shape index (κ1) is 8.04. The number of aliphatic carboxylic acids is 1. The fourth-order valence-electron chi connectivity index (χ4n) is 1.27. The fraction of sp³-hybridized carbons (Fsp3) is 0.333. The first-order chi connectivity index (χ1) is 6.27. The van der Waals surface area contributed by atoms with Crippen molar-refractivity contribution in [3.63, 3.8) is 0 Å². The summed E-state index contributed by atoms with van der Waals surface area (Å²) in [7, 11) is 0. The maximum atomic E-state index is 10.5. The Morgan fingerprint density at radius 2 is 2.46 bits per heavy atom. The van der Waals surface area contributed by atoms with Gasteiger partial charge in [0.15, 0.2) is 0 Å². The van der Waals surface area contributed by atoms with Crippen molar-refractivity contribution >= 4 is 11.8 Å². The summed E-state index contributed by atoms with van der Waals surface area (Å²) in [5.74, 6) is -0.216. The van der Waals surface area contributed by atoms with Crippen molar-refractivity contribution in [3.05, 3.63) is 24.4 Å². The molecule has 0 aromatic carbocycles. The largest absolute Gasteiger partial charge is 0.481 e. The van der Waals surface area contributed by atoms with Gasteiger partial charge in [0.1, 0.15) is 5.82 Å². The molecule has 0 bridgehead atoms. The number of pyridine rings is 1. The van der Waals surface area contributed by atoms with Gasteiger partial charge < -0.3 is 10.4 Å². The van der Waals surface area contributed by atoms with E-state index in [0.717, 1.165) is 5.82 Å². The Morgan fingerprint density at radius 1 is 1.62 bits per heavy atom. The molecule has 2 N–H and O–H groups in total. The highest BCUT2D eigenvalue weighted by atomic mass is 16.4. The van der Waals surface area contributed by atoms with Gasteiger partial charge in [-0.1, -0.05) is 6.07 Å². The molecule has 0 saturated heterocycles. The van der Waals surface area contributed by atoms with E-state index in [4.69, 9.17) is 5.11 Å². The van der Waals surface area contributed by atoms with E-state index in [-0.39, 0.29) is 12.0 Å². The fourth-order valence-corrected chi connectivity index (χ4v) is 1.27. The molecule has 1 aromatic rings.